The number of fused-ring (bicyclic) bond motifs is 2. The Kier molecular flexibility index (Phi) is 1.97. The quantitative estimate of drug-likeness (QED) is 0.682. The van der Waals surface area contributed by atoms with Crippen molar-refractivity contribution in [2.45, 2.75) is 57.0 Å². The first-order chi connectivity index (χ1) is 6.07. The summed E-state index contributed by atoms with van der Waals surface area (Å²) in [4.78, 5) is 0. The van der Waals surface area contributed by atoms with Crippen LogP contribution in [0, 0.1) is 11.8 Å². The normalized spacial score (nSPS) is 54.5. The second-order valence-corrected chi connectivity index (χ2v) is 5.07. The highest BCUT2D eigenvalue weighted by Gasteiger charge is 2.61. The molecule has 0 saturated heterocycles. The van der Waals surface area contributed by atoms with Crippen LogP contribution >= 0.6 is 0 Å². The lowest BCUT2D eigenvalue weighted by molar-refractivity contribution is 0.140. The molecule has 13 heavy (non-hydrogen) atoms. The van der Waals surface area contributed by atoms with Crippen molar-refractivity contribution in [3.8, 4) is 0 Å². The number of rotatable bonds is 2. The van der Waals surface area contributed by atoms with E-state index >= 15 is 0 Å². The highest BCUT2D eigenvalue weighted by molar-refractivity contribution is 5.21. The summed E-state index contributed by atoms with van der Waals surface area (Å²) in [6, 6.07) is 0. The van der Waals surface area contributed by atoms with Crippen LogP contribution in [0.15, 0.2) is 0 Å². The molecule has 0 aromatic heterocycles. The monoisotopic (exact) mass is 182 g/mol. The molecule has 0 aromatic rings. The molecule has 2 aliphatic carbocycles. The summed E-state index contributed by atoms with van der Waals surface area (Å²) in [6.07, 6.45) is 5.88. The lowest BCUT2D eigenvalue weighted by atomic mass is 9.67. The van der Waals surface area contributed by atoms with Crippen LogP contribution < -0.4 is 11.5 Å². The minimum Gasteiger partial charge on any atom is -0.324 e. The third kappa shape index (κ3) is 0.962. The Morgan fingerprint density at radius 3 is 2.46 bits per heavy atom. The predicted molar refractivity (Wildman–Crippen MR) is 55.2 cm³/mol. The van der Waals surface area contributed by atoms with Crippen molar-refractivity contribution in [3.05, 3.63) is 0 Å². The fraction of sp³-hybridized carbons (Fsp3) is 1.00. The van der Waals surface area contributed by atoms with Crippen LogP contribution in [0.3, 0.4) is 0 Å². The van der Waals surface area contributed by atoms with E-state index < -0.39 is 0 Å². The summed E-state index contributed by atoms with van der Waals surface area (Å²) >= 11 is 0. The minimum absolute atomic E-state index is 0.0346. The van der Waals surface area contributed by atoms with Gasteiger partial charge in [-0.3, -0.25) is 0 Å². The molecule has 0 spiro atoms. The van der Waals surface area contributed by atoms with Crippen molar-refractivity contribution in [3.63, 3.8) is 0 Å². The third-order valence-electron chi connectivity index (χ3n) is 4.77. The van der Waals surface area contributed by atoms with Gasteiger partial charge in [0.2, 0.25) is 0 Å². The molecule has 2 nitrogen and oxygen atoms in total. The van der Waals surface area contributed by atoms with Gasteiger partial charge in [0.05, 0.1) is 0 Å². The molecule has 0 aromatic carbocycles. The molecular formula is C11H22N2. The maximum absolute atomic E-state index is 6.51. The Bertz CT molecular complexity index is 216. The zero-order valence-electron chi connectivity index (χ0n) is 8.84. The second-order valence-electron chi connectivity index (χ2n) is 5.07. The number of nitrogens with two attached hydrogens (primary N) is 2. The van der Waals surface area contributed by atoms with Crippen molar-refractivity contribution in [1.82, 2.24) is 0 Å². The molecule has 2 aliphatic rings. The molecule has 0 radical (unpaired) electrons. The Morgan fingerprint density at radius 1 is 1.31 bits per heavy atom. The SMILES string of the molecule is CCC1C2CCC(N)(C2)C1(N)CC. The smallest absolute Gasteiger partial charge is 0.0365 e. The van der Waals surface area contributed by atoms with E-state index in [1.807, 2.05) is 0 Å². The van der Waals surface area contributed by atoms with Gasteiger partial charge in [-0.25, -0.2) is 0 Å². The maximum Gasteiger partial charge on any atom is 0.0365 e. The molecule has 4 unspecified atom stereocenters. The maximum atomic E-state index is 6.51. The van der Waals surface area contributed by atoms with Crippen LogP contribution in [0.4, 0.5) is 0 Å². The van der Waals surface area contributed by atoms with E-state index in [2.05, 4.69) is 13.8 Å². The van der Waals surface area contributed by atoms with E-state index in [-0.39, 0.29) is 11.1 Å². The average molecular weight is 182 g/mol. The molecule has 4 atom stereocenters. The first kappa shape index (κ1) is 9.47. The molecule has 0 amide bonds. The van der Waals surface area contributed by atoms with Gasteiger partial charge in [-0.05, 0) is 37.5 Å². The molecular weight excluding hydrogens is 160 g/mol. The lowest BCUT2D eigenvalue weighted by Crippen LogP contribution is -2.65. The van der Waals surface area contributed by atoms with Crippen molar-refractivity contribution < 1.29 is 0 Å². The third-order valence-corrected chi connectivity index (χ3v) is 4.77. The van der Waals surface area contributed by atoms with Gasteiger partial charge >= 0.3 is 0 Å². The van der Waals surface area contributed by atoms with Crippen molar-refractivity contribution >= 4 is 0 Å². The number of hydrogen-bond donors (Lipinski definition) is 2. The molecule has 2 rings (SSSR count). The number of hydrogen-bond acceptors (Lipinski definition) is 2. The van der Waals surface area contributed by atoms with E-state index in [1.165, 1.54) is 19.3 Å². The van der Waals surface area contributed by atoms with Gasteiger partial charge in [0, 0.05) is 11.1 Å². The van der Waals surface area contributed by atoms with Crippen LogP contribution in [0.1, 0.15) is 46.0 Å². The van der Waals surface area contributed by atoms with Crippen LogP contribution in [-0.2, 0) is 0 Å². The van der Waals surface area contributed by atoms with Gasteiger partial charge in [0.25, 0.3) is 0 Å². The molecule has 2 fully saturated rings. The highest BCUT2D eigenvalue weighted by Crippen LogP contribution is 2.56. The summed E-state index contributed by atoms with van der Waals surface area (Å²) < 4.78 is 0. The largest absolute Gasteiger partial charge is 0.324 e. The van der Waals surface area contributed by atoms with Crippen molar-refractivity contribution in [2.75, 3.05) is 0 Å². The predicted octanol–water partition coefficient (Wildman–Crippen LogP) is 1.63. The van der Waals surface area contributed by atoms with E-state index in [4.69, 9.17) is 11.5 Å². The molecule has 2 bridgehead atoms. The van der Waals surface area contributed by atoms with Crippen LogP contribution in [0.5, 0.6) is 0 Å². The van der Waals surface area contributed by atoms with Gasteiger partial charge in [-0.1, -0.05) is 20.3 Å². The summed E-state index contributed by atoms with van der Waals surface area (Å²) in [5.41, 5.74) is 12.8. The Labute approximate surface area is 81.1 Å². The Morgan fingerprint density at radius 2 is 2.00 bits per heavy atom. The van der Waals surface area contributed by atoms with E-state index in [1.54, 1.807) is 0 Å². The fourth-order valence-corrected chi connectivity index (χ4v) is 3.98. The first-order valence-corrected chi connectivity index (χ1v) is 5.65. The van der Waals surface area contributed by atoms with Gasteiger partial charge < -0.3 is 11.5 Å². The molecule has 0 heterocycles. The van der Waals surface area contributed by atoms with E-state index in [0.717, 1.165) is 18.8 Å². The van der Waals surface area contributed by atoms with Crippen LogP contribution in [0.25, 0.3) is 0 Å². The summed E-state index contributed by atoms with van der Waals surface area (Å²) in [5.74, 6) is 1.50. The zero-order valence-corrected chi connectivity index (χ0v) is 8.84. The van der Waals surface area contributed by atoms with Crippen LogP contribution in [-0.4, -0.2) is 11.1 Å². The second kappa shape index (κ2) is 2.71. The molecule has 0 aliphatic heterocycles. The summed E-state index contributed by atoms with van der Waals surface area (Å²) in [6.45, 7) is 4.45. The van der Waals surface area contributed by atoms with Crippen molar-refractivity contribution in [1.29, 1.82) is 0 Å². The highest BCUT2D eigenvalue weighted by atomic mass is 15.0. The molecule has 4 N–H and O–H groups in total. The van der Waals surface area contributed by atoms with E-state index in [0.29, 0.717) is 5.92 Å². The summed E-state index contributed by atoms with van der Waals surface area (Å²) in [7, 11) is 0. The minimum atomic E-state index is -0.0648. The first-order valence-electron chi connectivity index (χ1n) is 5.65. The molecule has 2 saturated carbocycles. The Hall–Kier alpha value is -0.0800. The standard InChI is InChI=1S/C11H22N2/c1-3-9-8-5-6-10(12,7-8)11(9,13)4-2/h8-9H,3-7,12-13H2,1-2H3. The van der Waals surface area contributed by atoms with Crippen LogP contribution in [0.2, 0.25) is 0 Å². The van der Waals surface area contributed by atoms with Gasteiger partial charge in [-0.15, -0.1) is 0 Å². The Balaban J connectivity index is 2.33. The molecule has 2 heteroatoms. The summed E-state index contributed by atoms with van der Waals surface area (Å²) in [5, 5.41) is 0. The topological polar surface area (TPSA) is 52.0 Å². The zero-order chi connectivity index (χ0) is 9.69. The van der Waals surface area contributed by atoms with Crippen molar-refractivity contribution in [2.24, 2.45) is 23.3 Å². The lowest BCUT2D eigenvalue weighted by Gasteiger charge is -2.46. The average Bonchev–Trinajstić information content (AvgIpc) is 2.58. The van der Waals surface area contributed by atoms with Gasteiger partial charge in [-0.2, -0.15) is 0 Å². The fourth-order valence-electron chi connectivity index (χ4n) is 3.98. The van der Waals surface area contributed by atoms with Gasteiger partial charge in [0.1, 0.15) is 0 Å². The van der Waals surface area contributed by atoms with Gasteiger partial charge in [0.15, 0.2) is 0 Å². The van der Waals surface area contributed by atoms with E-state index in [9.17, 15) is 0 Å². The molecule has 76 valence electrons.